The van der Waals surface area contributed by atoms with Crippen LogP contribution in [0.4, 0.5) is 4.79 Å². The van der Waals surface area contributed by atoms with Crippen LogP contribution in [0.5, 0.6) is 0 Å². The minimum atomic E-state index is -1.10. The lowest BCUT2D eigenvalue weighted by Gasteiger charge is -2.24. The molecule has 0 saturated carbocycles. The first kappa shape index (κ1) is 18.7. The maximum Gasteiger partial charge on any atom is 0.334 e. The predicted molar refractivity (Wildman–Crippen MR) is 76.8 cm³/mol. The second-order valence-corrected chi connectivity index (χ2v) is 5.51. The Labute approximate surface area is 120 Å². The van der Waals surface area contributed by atoms with E-state index < -0.39 is 12.1 Å². The van der Waals surface area contributed by atoms with E-state index in [2.05, 4.69) is 24.5 Å². The monoisotopic (exact) mass is 289 g/mol. The summed E-state index contributed by atoms with van der Waals surface area (Å²) in [7, 11) is 5.18. The van der Waals surface area contributed by atoms with Crippen LogP contribution in [0.2, 0.25) is 0 Å². The topological polar surface area (TPSA) is 90.9 Å². The molecule has 0 bridgehead atoms. The molecule has 0 aliphatic carbocycles. The molecule has 7 nitrogen and oxygen atoms in total. The van der Waals surface area contributed by atoms with Crippen LogP contribution in [0.25, 0.3) is 0 Å². The van der Waals surface area contributed by atoms with Gasteiger partial charge in [0.05, 0.1) is 6.54 Å². The van der Waals surface area contributed by atoms with E-state index in [9.17, 15) is 9.59 Å². The van der Waals surface area contributed by atoms with Gasteiger partial charge in [-0.15, -0.1) is 0 Å². The molecular weight excluding hydrogens is 262 g/mol. The molecule has 0 heterocycles. The SMILES string of the molecule is COC(CNC(=O)NC(CC(C)C)CN(C)C)C(=O)O. The Bertz CT molecular complexity index is 298. The van der Waals surface area contributed by atoms with Crippen LogP contribution >= 0.6 is 0 Å². The molecule has 0 saturated heterocycles. The number of nitrogens with one attached hydrogen (secondary N) is 2. The normalized spacial score (nSPS) is 14.2. The lowest BCUT2D eigenvalue weighted by atomic mass is 10.0. The van der Waals surface area contributed by atoms with Crippen molar-refractivity contribution in [2.45, 2.75) is 32.4 Å². The first-order valence-electron chi connectivity index (χ1n) is 6.71. The Balaban J connectivity index is 4.27. The number of rotatable bonds is 9. The van der Waals surface area contributed by atoms with Gasteiger partial charge in [0.25, 0.3) is 0 Å². The summed E-state index contributed by atoms with van der Waals surface area (Å²) in [6.07, 6.45) is -0.170. The third kappa shape index (κ3) is 8.71. The van der Waals surface area contributed by atoms with Gasteiger partial charge in [-0.25, -0.2) is 9.59 Å². The highest BCUT2D eigenvalue weighted by atomic mass is 16.5. The van der Waals surface area contributed by atoms with Gasteiger partial charge in [0, 0.05) is 19.7 Å². The minimum absolute atomic E-state index is 0.0239. The molecule has 3 N–H and O–H groups in total. The minimum Gasteiger partial charge on any atom is -0.479 e. The lowest BCUT2D eigenvalue weighted by molar-refractivity contribution is -0.147. The van der Waals surface area contributed by atoms with Crippen LogP contribution in [-0.4, -0.2) is 68.4 Å². The maximum absolute atomic E-state index is 11.8. The number of carboxylic acid groups (broad SMARTS) is 1. The molecule has 2 amide bonds. The number of hydrogen-bond donors (Lipinski definition) is 3. The van der Waals surface area contributed by atoms with E-state index in [0.717, 1.165) is 13.0 Å². The summed E-state index contributed by atoms with van der Waals surface area (Å²) in [6.45, 7) is 4.85. The molecule has 0 aliphatic heterocycles. The summed E-state index contributed by atoms with van der Waals surface area (Å²) in [5.41, 5.74) is 0. The third-order valence-electron chi connectivity index (χ3n) is 2.68. The van der Waals surface area contributed by atoms with Gasteiger partial charge in [0.15, 0.2) is 6.10 Å². The Morgan fingerprint density at radius 1 is 1.30 bits per heavy atom. The maximum atomic E-state index is 11.8. The van der Waals surface area contributed by atoms with E-state index in [-0.39, 0.29) is 18.6 Å². The highest BCUT2D eigenvalue weighted by Crippen LogP contribution is 2.05. The Morgan fingerprint density at radius 2 is 1.90 bits per heavy atom. The van der Waals surface area contributed by atoms with Crippen LogP contribution in [0.3, 0.4) is 0 Å². The zero-order valence-corrected chi connectivity index (χ0v) is 13.0. The molecule has 20 heavy (non-hydrogen) atoms. The average molecular weight is 289 g/mol. The van der Waals surface area contributed by atoms with Gasteiger partial charge in [-0.2, -0.15) is 0 Å². The zero-order valence-electron chi connectivity index (χ0n) is 13.0. The van der Waals surface area contributed by atoms with E-state index in [1.807, 2.05) is 19.0 Å². The fraction of sp³-hybridized carbons (Fsp3) is 0.846. The van der Waals surface area contributed by atoms with Gasteiger partial charge in [-0.05, 0) is 26.4 Å². The standard InChI is InChI=1S/C13H27N3O4/c1-9(2)6-10(8-16(3)4)15-13(19)14-7-11(20-5)12(17)18/h9-11H,6-8H2,1-5H3,(H,17,18)(H2,14,15,19). The second-order valence-electron chi connectivity index (χ2n) is 5.51. The number of aliphatic carboxylic acids is 1. The number of likely N-dealkylation sites (N-methyl/N-ethyl adjacent to an activating group) is 1. The second kappa shape index (κ2) is 9.55. The third-order valence-corrected chi connectivity index (χ3v) is 2.68. The largest absolute Gasteiger partial charge is 0.479 e. The van der Waals surface area contributed by atoms with Crippen molar-refractivity contribution in [3.63, 3.8) is 0 Å². The highest BCUT2D eigenvalue weighted by Gasteiger charge is 2.19. The molecule has 118 valence electrons. The van der Waals surface area contributed by atoms with Crippen molar-refractivity contribution in [3.05, 3.63) is 0 Å². The van der Waals surface area contributed by atoms with Crippen molar-refractivity contribution in [3.8, 4) is 0 Å². The summed E-state index contributed by atoms with van der Waals surface area (Å²) in [6, 6.07) is -0.350. The van der Waals surface area contributed by atoms with E-state index in [4.69, 9.17) is 9.84 Å². The molecule has 0 aromatic rings. The van der Waals surface area contributed by atoms with Crippen LogP contribution in [0.15, 0.2) is 0 Å². The number of nitrogens with zero attached hydrogens (tertiary/aromatic N) is 1. The van der Waals surface area contributed by atoms with Gasteiger partial charge in [0.1, 0.15) is 0 Å². The van der Waals surface area contributed by atoms with Crippen molar-refractivity contribution in [1.29, 1.82) is 0 Å². The van der Waals surface area contributed by atoms with Crippen LogP contribution < -0.4 is 10.6 Å². The number of hydrogen-bond acceptors (Lipinski definition) is 4. The quantitative estimate of drug-likeness (QED) is 0.570. The van der Waals surface area contributed by atoms with E-state index in [0.29, 0.717) is 5.92 Å². The molecule has 7 heteroatoms. The number of amides is 2. The molecule has 0 aromatic carbocycles. The van der Waals surface area contributed by atoms with Crippen molar-refractivity contribution in [2.75, 3.05) is 34.3 Å². The smallest absolute Gasteiger partial charge is 0.334 e. The number of carbonyl (C=O) groups is 2. The van der Waals surface area contributed by atoms with E-state index in [1.54, 1.807) is 0 Å². The fourth-order valence-electron chi connectivity index (χ4n) is 1.88. The van der Waals surface area contributed by atoms with E-state index in [1.165, 1.54) is 7.11 Å². The molecule has 0 aliphatic rings. The first-order chi connectivity index (χ1) is 9.26. The molecule has 0 fully saturated rings. The number of urea groups is 1. The Hall–Kier alpha value is -1.34. The summed E-state index contributed by atoms with van der Waals surface area (Å²) < 4.78 is 4.75. The number of carbonyl (C=O) groups excluding carboxylic acids is 1. The summed E-state index contributed by atoms with van der Waals surface area (Å²) in [5.74, 6) is -0.634. The van der Waals surface area contributed by atoms with Crippen molar-refractivity contribution in [1.82, 2.24) is 15.5 Å². The Morgan fingerprint density at radius 3 is 2.30 bits per heavy atom. The molecule has 2 unspecified atom stereocenters. The molecule has 2 atom stereocenters. The van der Waals surface area contributed by atoms with Crippen LogP contribution in [0.1, 0.15) is 20.3 Å². The van der Waals surface area contributed by atoms with Crippen molar-refractivity contribution in [2.24, 2.45) is 5.92 Å². The van der Waals surface area contributed by atoms with E-state index >= 15 is 0 Å². The number of ether oxygens (including phenoxy) is 1. The molecule has 0 spiro atoms. The lowest BCUT2D eigenvalue weighted by Crippen LogP contribution is -2.49. The highest BCUT2D eigenvalue weighted by molar-refractivity contribution is 5.77. The molecule has 0 radical (unpaired) electrons. The van der Waals surface area contributed by atoms with Gasteiger partial charge in [0.2, 0.25) is 0 Å². The van der Waals surface area contributed by atoms with Gasteiger partial charge in [-0.1, -0.05) is 13.8 Å². The van der Waals surface area contributed by atoms with Gasteiger partial charge in [-0.3, -0.25) is 0 Å². The molecule has 0 rings (SSSR count). The summed E-state index contributed by atoms with van der Waals surface area (Å²) in [5, 5.41) is 14.2. The summed E-state index contributed by atoms with van der Waals surface area (Å²) >= 11 is 0. The fourth-order valence-corrected chi connectivity index (χ4v) is 1.88. The van der Waals surface area contributed by atoms with Gasteiger partial charge >= 0.3 is 12.0 Å². The molecular formula is C13H27N3O4. The van der Waals surface area contributed by atoms with Crippen molar-refractivity contribution >= 4 is 12.0 Å². The average Bonchev–Trinajstić information content (AvgIpc) is 2.27. The molecule has 0 aromatic heterocycles. The Kier molecular flexibility index (Phi) is 8.91. The predicted octanol–water partition coefficient (Wildman–Crippen LogP) is 0.362. The van der Waals surface area contributed by atoms with Crippen LogP contribution in [-0.2, 0) is 9.53 Å². The number of methoxy groups -OCH3 is 1. The summed E-state index contributed by atoms with van der Waals surface area (Å²) in [4.78, 5) is 24.5. The number of carboxylic acids is 1. The van der Waals surface area contributed by atoms with Crippen LogP contribution in [0, 0.1) is 5.92 Å². The first-order valence-corrected chi connectivity index (χ1v) is 6.71. The zero-order chi connectivity index (χ0) is 15.7. The van der Waals surface area contributed by atoms with Crippen molar-refractivity contribution < 1.29 is 19.4 Å². The van der Waals surface area contributed by atoms with Gasteiger partial charge < -0.3 is 25.4 Å².